The molecular weight excluding hydrogens is 296 g/mol. The molecule has 0 unspecified atom stereocenters. The van der Waals surface area contributed by atoms with Gasteiger partial charge in [0.2, 0.25) is 5.91 Å². The number of methoxy groups -OCH3 is 1. The first-order chi connectivity index (χ1) is 10.9. The van der Waals surface area contributed by atoms with Gasteiger partial charge in [0.15, 0.2) is 0 Å². The van der Waals surface area contributed by atoms with E-state index in [0.717, 1.165) is 11.1 Å². The fourth-order valence-electron chi connectivity index (χ4n) is 2.19. The summed E-state index contributed by atoms with van der Waals surface area (Å²) >= 11 is 0. The lowest BCUT2D eigenvalue weighted by Crippen LogP contribution is -2.15. The largest absolute Gasteiger partial charge is 0.494 e. The molecule has 0 fully saturated rings. The number of carbonyl (C=O) groups is 1. The summed E-state index contributed by atoms with van der Waals surface area (Å²) in [5, 5.41) is 13.5. The van der Waals surface area contributed by atoms with Crippen LogP contribution in [0.3, 0.4) is 0 Å². The van der Waals surface area contributed by atoms with E-state index in [2.05, 4.69) is 5.32 Å². The molecule has 0 spiro atoms. The number of amides is 1. The monoisotopic (exact) mass is 314 g/mol. The van der Waals surface area contributed by atoms with E-state index in [1.807, 2.05) is 32.0 Å². The second-order valence-corrected chi connectivity index (χ2v) is 5.29. The van der Waals surface area contributed by atoms with Gasteiger partial charge in [0.05, 0.1) is 30.2 Å². The number of non-ortho nitro benzene ring substituents is 1. The number of aryl methyl sites for hydroxylation is 2. The van der Waals surface area contributed by atoms with Gasteiger partial charge in [-0.25, -0.2) is 0 Å². The summed E-state index contributed by atoms with van der Waals surface area (Å²) in [6.07, 6.45) is 0.223. The molecule has 0 radical (unpaired) electrons. The van der Waals surface area contributed by atoms with Crippen molar-refractivity contribution in [3.63, 3.8) is 0 Å². The summed E-state index contributed by atoms with van der Waals surface area (Å²) in [4.78, 5) is 22.4. The Labute approximate surface area is 134 Å². The van der Waals surface area contributed by atoms with Gasteiger partial charge >= 0.3 is 0 Å². The lowest BCUT2D eigenvalue weighted by molar-refractivity contribution is -0.384. The summed E-state index contributed by atoms with van der Waals surface area (Å²) in [7, 11) is 1.40. The van der Waals surface area contributed by atoms with Gasteiger partial charge in [0, 0.05) is 6.07 Å². The van der Waals surface area contributed by atoms with Gasteiger partial charge in [-0.3, -0.25) is 14.9 Å². The second kappa shape index (κ2) is 6.91. The molecule has 6 heteroatoms. The number of rotatable bonds is 5. The minimum Gasteiger partial charge on any atom is -0.494 e. The predicted molar refractivity (Wildman–Crippen MR) is 87.9 cm³/mol. The van der Waals surface area contributed by atoms with Gasteiger partial charge in [-0.05, 0) is 36.6 Å². The number of carbonyl (C=O) groups excluding carboxylic acids is 1. The number of nitro benzene ring substituents is 1. The van der Waals surface area contributed by atoms with Crippen LogP contribution in [0.25, 0.3) is 0 Å². The Bertz CT molecular complexity index is 756. The highest BCUT2D eigenvalue weighted by molar-refractivity contribution is 5.93. The Hall–Kier alpha value is -2.89. The first kappa shape index (κ1) is 16.5. The normalized spacial score (nSPS) is 10.2. The van der Waals surface area contributed by atoms with Crippen LogP contribution in [-0.2, 0) is 11.2 Å². The number of ether oxygens (including phenoxy) is 1. The standard InChI is InChI=1S/C17H18N2O4/c1-11-4-5-13(8-12(11)2)9-17(20)18-15-7-6-14(19(21)22)10-16(15)23-3/h4-8,10H,9H2,1-3H3,(H,18,20). The molecule has 120 valence electrons. The SMILES string of the molecule is COc1cc([N+](=O)[O-])ccc1NC(=O)Cc1ccc(C)c(C)c1. The Morgan fingerprint density at radius 2 is 1.91 bits per heavy atom. The van der Waals surface area contributed by atoms with Crippen LogP contribution in [0.15, 0.2) is 36.4 Å². The topological polar surface area (TPSA) is 81.5 Å². The number of nitrogens with one attached hydrogen (secondary N) is 1. The fraction of sp³-hybridized carbons (Fsp3) is 0.235. The molecule has 1 amide bonds. The molecular formula is C17H18N2O4. The maximum absolute atomic E-state index is 12.2. The first-order valence-corrected chi connectivity index (χ1v) is 7.09. The van der Waals surface area contributed by atoms with Gasteiger partial charge in [-0.1, -0.05) is 18.2 Å². The van der Waals surface area contributed by atoms with Gasteiger partial charge < -0.3 is 10.1 Å². The number of nitrogens with zero attached hydrogens (tertiary/aromatic N) is 1. The number of hydrogen-bond acceptors (Lipinski definition) is 4. The van der Waals surface area contributed by atoms with Crippen LogP contribution in [0.1, 0.15) is 16.7 Å². The van der Waals surface area contributed by atoms with E-state index in [-0.39, 0.29) is 23.8 Å². The smallest absolute Gasteiger partial charge is 0.273 e. The van der Waals surface area contributed by atoms with Gasteiger partial charge in [0.25, 0.3) is 5.69 Å². The maximum atomic E-state index is 12.2. The molecule has 2 aromatic rings. The van der Waals surface area contributed by atoms with Crippen molar-refractivity contribution >= 4 is 17.3 Å². The van der Waals surface area contributed by atoms with Crippen LogP contribution in [0.2, 0.25) is 0 Å². The minimum atomic E-state index is -0.511. The highest BCUT2D eigenvalue weighted by Gasteiger charge is 2.13. The molecule has 23 heavy (non-hydrogen) atoms. The second-order valence-electron chi connectivity index (χ2n) is 5.29. The molecule has 0 aliphatic heterocycles. The lowest BCUT2D eigenvalue weighted by Gasteiger charge is -2.10. The molecule has 0 bridgehead atoms. The summed E-state index contributed by atoms with van der Waals surface area (Å²) in [6, 6.07) is 9.94. The molecule has 0 heterocycles. The average Bonchev–Trinajstić information content (AvgIpc) is 2.51. The molecule has 1 N–H and O–H groups in total. The van der Waals surface area contributed by atoms with Crippen molar-refractivity contribution in [3.8, 4) is 5.75 Å². The third kappa shape index (κ3) is 4.06. The van der Waals surface area contributed by atoms with Crippen LogP contribution in [-0.4, -0.2) is 17.9 Å². The lowest BCUT2D eigenvalue weighted by atomic mass is 10.0. The fourth-order valence-corrected chi connectivity index (χ4v) is 2.19. The summed E-state index contributed by atoms with van der Waals surface area (Å²) in [6.45, 7) is 4.01. The van der Waals surface area contributed by atoms with E-state index in [1.54, 1.807) is 0 Å². The van der Waals surface area contributed by atoms with Crippen LogP contribution in [0.5, 0.6) is 5.75 Å². The summed E-state index contributed by atoms with van der Waals surface area (Å²) < 4.78 is 5.10. The highest BCUT2D eigenvalue weighted by Crippen LogP contribution is 2.29. The van der Waals surface area contributed by atoms with Crippen molar-refractivity contribution in [3.05, 3.63) is 63.2 Å². The molecule has 0 atom stereocenters. The van der Waals surface area contributed by atoms with E-state index >= 15 is 0 Å². The number of nitro groups is 1. The van der Waals surface area contributed by atoms with E-state index < -0.39 is 4.92 Å². The van der Waals surface area contributed by atoms with E-state index in [0.29, 0.717) is 5.69 Å². The van der Waals surface area contributed by atoms with Gasteiger partial charge in [-0.15, -0.1) is 0 Å². The maximum Gasteiger partial charge on any atom is 0.273 e. The molecule has 0 aromatic heterocycles. The Morgan fingerprint density at radius 1 is 1.17 bits per heavy atom. The minimum absolute atomic E-state index is 0.0889. The molecule has 2 rings (SSSR count). The Morgan fingerprint density at radius 3 is 2.52 bits per heavy atom. The third-order valence-corrected chi connectivity index (χ3v) is 3.61. The number of hydrogen-bond donors (Lipinski definition) is 1. The third-order valence-electron chi connectivity index (χ3n) is 3.61. The van der Waals surface area contributed by atoms with Crippen LogP contribution in [0.4, 0.5) is 11.4 Å². The molecule has 2 aromatic carbocycles. The molecule has 6 nitrogen and oxygen atoms in total. The van der Waals surface area contributed by atoms with Crippen molar-refractivity contribution in [1.29, 1.82) is 0 Å². The van der Waals surface area contributed by atoms with Crippen molar-refractivity contribution in [2.75, 3.05) is 12.4 Å². The molecule has 0 saturated carbocycles. The van der Waals surface area contributed by atoms with E-state index in [9.17, 15) is 14.9 Å². The average molecular weight is 314 g/mol. The van der Waals surface area contributed by atoms with Crippen LogP contribution in [0, 0.1) is 24.0 Å². The van der Waals surface area contributed by atoms with Crippen LogP contribution < -0.4 is 10.1 Å². The number of anilines is 1. The zero-order valence-corrected chi connectivity index (χ0v) is 13.3. The molecule has 0 aliphatic carbocycles. The zero-order chi connectivity index (χ0) is 17.0. The van der Waals surface area contributed by atoms with Crippen molar-refractivity contribution < 1.29 is 14.5 Å². The zero-order valence-electron chi connectivity index (χ0n) is 13.3. The number of benzene rings is 2. The Kier molecular flexibility index (Phi) is 4.95. The predicted octanol–water partition coefficient (Wildman–Crippen LogP) is 3.40. The van der Waals surface area contributed by atoms with Crippen molar-refractivity contribution in [1.82, 2.24) is 0 Å². The van der Waals surface area contributed by atoms with Crippen molar-refractivity contribution in [2.45, 2.75) is 20.3 Å². The van der Waals surface area contributed by atoms with E-state index in [1.165, 1.54) is 30.9 Å². The molecule has 0 saturated heterocycles. The van der Waals surface area contributed by atoms with E-state index in [4.69, 9.17) is 4.74 Å². The van der Waals surface area contributed by atoms with Gasteiger partial charge in [0.1, 0.15) is 5.75 Å². The highest BCUT2D eigenvalue weighted by atomic mass is 16.6. The summed E-state index contributed by atoms with van der Waals surface area (Å²) in [5.41, 5.74) is 3.53. The first-order valence-electron chi connectivity index (χ1n) is 7.09. The Balaban J connectivity index is 2.13. The summed E-state index contributed by atoms with van der Waals surface area (Å²) in [5.74, 6) is 0.0491. The van der Waals surface area contributed by atoms with Crippen LogP contribution >= 0.6 is 0 Å². The van der Waals surface area contributed by atoms with Crippen molar-refractivity contribution in [2.24, 2.45) is 0 Å². The van der Waals surface area contributed by atoms with Gasteiger partial charge in [-0.2, -0.15) is 0 Å². The quantitative estimate of drug-likeness (QED) is 0.677. The molecule has 0 aliphatic rings.